The lowest BCUT2D eigenvalue weighted by Gasteiger charge is -2.41. The van der Waals surface area contributed by atoms with Gasteiger partial charge in [0.05, 0.1) is 11.1 Å². The third-order valence-electron chi connectivity index (χ3n) is 5.66. The smallest absolute Gasteiger partial charge is 0.410 e. The van der Waals surface area contributed by atoms with Gasteiger partial charge < -0.3 is 19.4 Å². The Hall–Kier alpha value is -3.00. The van der Waals surface area contributed by atoms with Gasteiger partial charge in [-0.3, -0.25) is 4.57 Å². The molecule has 0 saturated carbocycles. The van der Waals surface area contributed by atoms with E-state index in [1.807, 2.05) is 63.7 Å². The van der Waals surface area contributed by atoms with Crippen molar-refractivity contribution >= 4 is 40.2 Å². The van der Waals surface area contributed by atoms with Gasteiger partial charge >= 0.3 is 6.09 Å². The minimum Gasteiger partial charge on any atom is -0.444 e. The number of hydrogen-bond acceptors (Lipinski definition) is 6. The summed E-state index contributed by atoms with van der Waals surface area (Å²) in [6.45, 7) is 9.54. The molecule has 1 amide bonds. The average Bonchev–Trinajstić information content (AvgIpc) is 3.13. The summed E-state index contributed by atoms with van der Waals surface area (Å²) in [5.41, 5.74) is 2.25. The van der Waals surface area contributed by atoms with Crippen molar-refractivity contribution in [2.75, 3.05) is 43.5 Å². The summed E-state index contributed by atoms with van der Waals surface area (Å²) in [6, 6.07) is 7.78. The van der Waals surface area contributed by atoms with Gasteiger partial charge in [-0.25, -0.2) is 14.8 Å². The molecule has 9 heteroatoms. The highest BCUT2D eigenvalue weighted by atomic mass is 35.5. The zero-order chi connectivity index (χ0) is 23.9. The summed E-state index contributed by atoms with van der Waals surface area (Å²) in [5.74, 6) is 0.862. The molecule has 0 bridgehead atoms. The molecule has 1 aliphatic rings. The number of aromatic nitrogens is 3. The first kappa shape index (κ1) is 23.2. The third kappa shape index (κ3) is 4.71. The molecule has 176 valence electrons. The summed E-state index contributed by atoms with van der Waals surface area (Å²) in [7, 11) is 4.02. The van der Waals surface area contributed by atoms with Gasteiger partial charge in [-0.15, -0.1) is 0 Å². The van der Waals surface area contributed by atoms with E-state index in [9.17, 15) is 4.79 Å². The molecule has 1 aromatic carbocycles. The fourth-order valence-corrected chi connectivity index (χ4v) is 4.36. The minimum atomic E-state index is -0.514. The van der Waals surface area contributed by atoms with E-state index < -0.39 is 5.60 Å². The number of carbonyl (C=O) groups excluding carboxylic acids is 1. The van der Waals surface area contributed by atoms with Gasteiger partial charge in [-0.2, -0.15) is 0 Å². The Labute approximate surface area is 199 Å². The van der Waals surface area contributed by atoms with E-state index in [2.05, 4.69) is 27.9 Å². The Bertz CT molecular complexity index is 1170. The topological polar surface area (TPSA) is 66.7 Å². The molecule has 1 atom stereocenters. The maximum atomic E-state index is 12.6. The van der Waals surface area contributed by atoms with E-state index in [0.717, 1.165) is 28.2 Å². The van der Waals surface area contributed by atoms with Crippen LogP contribution in [0.4, 0.5) is 16.3 Å². The van der Waals surface area contributed by atoms with Gasteiger partial charge in [0.25, 0.3) is 0 Å². The SMILES string of the molecule is C[C@H]1CN(C(=O)OC(C)(C)C)CCN1c1ncnc2c1c(N(C)C)cn2-c1cccc(Cl)c1. The van der Waals surface area contributed by atoms with Crippen LogP contribution in [-0.2, 0) is 4.74 Å². The van der Waals surface area contributed by atoms with E-state index in [1.165, 1.54) is 0 Å². The van der Waals surface area contributed by atoms with E-state index in [4.69, 9.17) is 21.3 Å². The number of rotatable bonds is 3. The van der Waals surface area contributed by atoms with Crippen LogP contribution < -0.4 is 9.80 Å². The van der Waals surface area contributed by atoms with Crippen molar-refractivity contribution in [1.82, 2.24) is 19.4 Å². The van der Waals surface area contributed by atoms with E-state index in [1.54, 1.807) is 11.2 Å². The van der Waals surface area contributed by atoms with Crippen LogP contribution in [0.25, 0.3) is 16.7 Å². The van der Waals surface area contributed by atoms with Crippen LogP contribution in [0.1, 0.15) is 27.7 Å². The van der Waals surface area contributed by atoms with Crippen LogP contribution in [0.15, 0.2) is 36.8 Å². The fourth-order valence-electron chi connectivity index (χ4n) is 4.17. The molecule has 33 heavy (non-hydrogen) atoms. The number of amides is 1. The zero-order valence-corrected chi connectivity index (χ0v) is 20.8. The molecule has 0 aliphatic carbocycles. The Kier molecular flexibility index (Phi) is 6.14. The Morgan fingerprint density at radius 3 is 2.61 bits per heavy atom. The second-order valence-electron chi connectivity index (χ2n) is 9.62. The van der Waals surface area contributed by atoms with Gasteiger partial charge in [-0.05, 0) is 45.9 Å². The third-order valence-corrected chi connectivity index (χ3v) is 5.90. The molecule has 1 aliphatic heterocycles. The maximum Gasteiger partial charge on any atom is 0.410 e. The van der Waals surface area contributed by atoms with Crippen LogP contribution >= 0.6 is 11.6 Å². The number of ether oxygens (including phenoxy) is 1. The molecule has 3 heterocycles. The van der Waals surface area contributed by atoms with E-state index in [0.29, 0.717) is 24.7 Å². The number of halogens is 1. The van der Waals surface area contributed by atoms with Crippen molar-refractivity contribution in [2.45, 2.75) is 39.3 Å². The molecule has 8 nitrogen and oxygen atoms in total. The molecule has 2 aromatic heterocycles. The van der Waals surface area contributed by atoms with Crippen LogP contribution in [0, 0.1) is 0 Å². The van der Waals surface area contributed by atoms with Crippen molar-refractivity contribution in [3.63, 3.8) is 0 Å². The summed E-state index contributed by atoms with van der Waals surface area (Å²) >= 11 is 6.26. The largest absolute Gasteiger partial charge is 0.444 e. The van der Waals surface area contributed by atoms with Crippen molar-refractivity contribution in [2.24, 2.45) is 0 Å². The minimum absolute atomic E-state index is 0.0638. The lowest BCUT2D eigenvalue weighted by atomic mass is 10.1. The number of benzene rings is 1. The summed E-state index contributed by atoms with van der Waals surface area (Å²) in [6.07, 6.45) is 3.39. The second-order valence-corrected chi connectivity index (χ2v) is 10.1. The van der Waals surface area contributed by atoms with Gasteiger partial charge in [-0.1, -0.05) is 17.7 Å². The number of anilines is 2. The first-order valence-electron chi connectivity index (χ1n) is 11.1. The van der Waals surface area contributed by atoms with Gasteiger partial charge in [0.1, 0.15) is 17.7 Å². The monoisotopic (exact) mass is 470 g/mol. The van der Waals surface area contributed by atoms with Crippen LogP contribution in [-0.4, -0.2) is 70.9 Å². The summed E-state index contributed by atoms with van der Waals surface area (Å²) in [5, 5.41) is 1.64. The predicted molar refractivity (Wildman–Crippen MR) is 133 cm³/mol. The molecule has 0 unspecified atom stereocenters. The highest BCUT2D eigenvalue weighted by Crippen LogP contribution is 2.36. The summed E-state index contributed by atoms with van der Waals surface area (Å²) < 4.78 is 7.62. The van der Waals surface area contributed by atoms with Crippen LogP contribution in [0.5, 0.6) is 0 Å². The first-order valence-corrected chi connectivity index (χ1v) is 11.5. The standard InChI is InChI=1S/C24H31ClN6O2/c1-16-13-29(23(32)33-24(2,3)4)10-11-30(16)21-20-19(28(5)6)14-31(22(20)27-15-26-21)18-9-7-8-17(25)12-18/h7-9,12,14-16H,10-11,13H2,1-6H3/t16-/m0/s1. The molecule has 0 N–H and O–H groups in total. The Balaban J connectivity index is 1.71. The lowest BCUT2D eigenvalue weighted by molar-refractivity contribution is 0.0218. The molecule has 1 saturated heterocycles. The van der Waals surface area contributed by atoms with Crippen molar-refractivity contribution in [1.29, 1.82) is 0 Å². The second kappa shape index (κ2) is 8.74. The maximum absolute atomic E-state index is 12.6. The number of nitrogens with zero attached hydrogens (tertiary/aromatic N) is 6. The number of carbonyl (C=O) groups is 1. The number of fused-ring (bicyclic) bond motifs is 1. The van der Waals surface area contributed by atoms with Gasteiger partial charge in [0.15, 0.2) is 5.65 Å². The van der Waals surface area contributed by atoms with Crippen molar-refractivity contribution < 1.29 is 9.53 Å². The highest BCUT2D eigenvalue weighted by Gasteiger charge is 2.32. The average molecular weight is 471 g/mol. The van der Waals surface area contributed by atoms with Gasteiger partial charge in [0.2, 0.25) is 0 Å². The van der Waals surface area contributed by atoms with E-state index >= 15 is 0 Å². The molecule has 0 radical (unpaired) electrons. The van der Waals surface area contributed by atoms with Crippen molar-refractivity contribution in [3.05, 3.63) is 41.8 Å². The first-order chi connectivity index (χ1) is 15.5. The molecule has 3 aromatic rings. The molecule has 4 rings (SSSR count). The molecular weight excluding hydrogens is 440 g/mol. The van der Waals surface area contributed by atoms with Gasteiger partial charge in [0, 0.05) is 56.7 Å². The highest BCUT2D eigenvalue weighted by molar-refractivity contribution is 6.30. The number of hydrogen-bond donors (Lipinski definition) is 0. The lowest BCUT2D eigenvalue weighted by Crippen LogP contribution is -2.54. The summed E-state index contributed by atoms with van der Waals surface area (Å²) in [4.78, 5) is 28.0. The molecular formula is C24H31ClN6O2. The fraction of sp³-hybridized carbons (Fsp3) is 0.458. The van der Waals surface area contributed by atoms with E-state index in [-0.39, 0.29) is 12.1 Å². The predicted octanol–water partition coefficient (Wildman–Crippen LogP) is 4.59. The Morgan fingerprint density at radius 1 is 1.21 bits per heavy atom. The van der Waals surface area contributed by atoms with Crippen molar-refractivity contribution in [3.8, 4) is 5.69 Å². The Morgan fingerprint density at radius 2 is 1.97 bits per heavy atom. The normalized spacial score (nSPS) is 16.9. The zero-order valence-electron chi connectivity index (χ0n) is 20.0. The van der Waals surface area contributed by atoms with Crippen LogP contribution in [0.2, 0.25) is 5.02 Å². The van der Waals surface area contributed by atoms with Crippen LogP contribution in [0.3, 0.4) is 0 Å². The number of piperazine rings is 1. The quantitative estimate of drug-likeness (QED) is 0.558. The molecule has 1 fully saturated rings. The molecule has 0 spiro atoms.